The zero-order chi connectivity index (χ0) is 16.8. The first-order chi connectivity index (χ1) is 11.0. The van der Waals surface area contributed by atoms with Crippen molar-refractivity contribution in [2.24, 2.45) is 0 Å². The topological polar surface area (TPSA) is 71.1 Å². The van der Waals surface area contributed by atoms with Gasteiger partial charge in [0.05, 0.1) is 0 Å². The Kier molecular flexibility index (Phi) is 5.71. The molecule has 23 heavy (non-hydrogen) atoms. The Morgan fingerprint density at radius 3 is 2.26 bits per heavy atom. The van der Waals surface area contributed by atoms with E-state index in [0.29, 0.717) is 11.6 Å². The Balaban J connectivity index is 2.02. The molecule has 0 unspecified atom stereocenters. The number of halogens is 1. The van der Waals surface area contributed by atoms with Crippen LogP contribution in [-0.4, -0.2) is 22.8 Å². The van der Waals surface area contributed by atoms with Crippen LogP contribution in [0, 0.1) is 0 Å². The fourth-order valence-electron chi connectivity index (χ4n) is 1.90. The molecule has 1 heterocycles. The summed E-state index contributed by atoms with van der Waals surface area (Å²) >= 11 is 5.82. The Morgan fingerprint density at radius 1 is 1.04 bits per heavy atom. The van der Waals surface area contributed by atoms with E-state index in [2.05, 4.69) is 15.6 Å². The van der Waals surface area contributed by atoms with Crippen molar-refractivity contribution in [3.63, 3.8) is 0 Å². The van der Waals surface area contributed by atoms with Crippen molar-refractivity contribution in [1.82, 2.24) is 15.6 Å². The van der Waals surface area contributed by atoms with E-state index >= 15 is 0 Å². The van der Waals surface area contributed by atoms with Gasteiger partial charge >= 0.3 is 0 Å². The quantitative estimate of drug-likeness (QED) is 0.885. The molecule has 0 aliphatic rings. The second-order valence-electron chi connectivity index (χ2n) is 5.35. The molecule has 0 aliphatic heterocycles. The maximum atomic E-state index is 12.2. The fourth-order valence-corrected chi connectivity index (χ4v) is 2.02. The van der Waals surface area contributed by atoms with Gasteiger partial charge < -0.3 is 10.6 Å². The number of aromatic nitrogens is 1. The summed E-state index contributed by atoms with van der Waals surface area (Å²) in [4.78, 5) is 28.2. The van der Waals surface area contributed by atoms with Crippen LogP contribution in [0.25, 0.3) is 0 Å². The Hall–Kier alpha value is -2.40. The molecule has 0 spiro atoms. The van der Waals surface area contributed by atoms with E-state index in [-0.39, 0.29) is 29.2 Å². The molecule has 1 aromatic heterocycles. The molecule has 2 amide bonds. The highest BCUT2D eigenvalue weighted by atomic mass is 35.5. The number of amides is 2. The predicted octanol–water partition coefficient (Wildman–Crippen LogP) is 2.80. The van der Waals surface area contributed by atoms with Crippen molar-refractivity contribution in [1.29, 1.82) is 0 Å². The molecule has 1 aromatic carbocycles. The van der Waals surface area contributed by atoms with Crippen molar-refractivity contribution >= 4 is 23.4 Å². The molecule has 0 aliphatic carbocycles. The second-order valence-corrected chi connectivity index (χ2v) is 5.78. The molecule has 2 rings (SSSR count). The van der Waals surface area contributed by atoms with Crippen molar-refractivity contribution in [3.05, 3.63) is 64.4 Å². The maximum Gasteiger partial charge on any atom is 0.270 e. The van der Waals surface area contributed by atoms with Gasteiger partial charge in [-0.25, -0.2) is 4.98 Å². The first-order valence-corrected chi connectivity index (χ1v) is 7.64. The predicted molar refractivity (Wildman–Crippen MR) is 89.5 cm³/mol. The van der Waals surface area contributed by atoms with E-state index in [1.54, 1.807) is 30.3 Å². The minimum absolute atomic E-state index is 0.00619. The number of carbonyl (C=O) groups excluding carboxylic acids is 2. The van der Waals surface area contributed by atoms with E-state index in [1.165, 1.54) is 0 Å². The molecule has 2 N–H and O–H groups in total. The van der Waals surface area contributed by atoms with E-state index in [1.807, 2.05) is 26.0 Å². The van der Waals surface area contributed by atoms with Gasteiger partial charge in [0.2, 0.25) is 0 Å². The molecule has 5 nitrogen and oxygen atoms in total. The molecule has 0 radical (unpaired) electrons. The molecule has 0 fully saturated rings. The fraction of sp³-hybridized carbons (Fsp3) is 0.235. The lowest BCUT2D eigenvalue weighted by molar-refractivity contribution is 0.0936. The average Bonchev–Trinajstić information content (AvgIpc) is 2.53. The number of nitrogens with one attached hydrogen (secondary N) is 2. The summed E-state index contributed by atoms with van der Waals surface area (Å²) in [6.45, 7) is 4.08. The number of rotatable bonds is 5. The zero-order valence-corrected chi connectivity index (χ0v) is 13.7. The third kappa shape index (κ3) is 5.07. The van der Waals surface area contributed by atoms with Gasteiger partial charge in [-0.3, -0.25) is 9.59 Å². The van der Waals surface area contributed by atoms with E-state index < -0.39 is 0 Å². The van der Waals surface area contributed by atoms with Crippen LogP contribution in [0.4, 0.5) is 0 Å². The van der Waals surface area contributed by atoms with Crippen LogP contribution in [0.2, 0.25) is 5.02 Å². The smallest absolute Gasteiger partial charge is 0.270 e. The molecular weight excluding hydrogens is 314 g/mol. The van der Waals surface area contributed by atoms with E-state index in [4.69, 9.17) is 11.6 Å². The highest BCUT2D eigenvalue weighted by Gasteiger charge is 2.12. The van der Waals surface area contributed by atoms with Crippen LogP contribution < -0.4 is 10.6 Å². The molecule has 0 atom stereocenters. The minimum atomic E-state index is -0.334. The van der Waals surface area contributed by atoms with Gasteiger partial charge in [-0.1, -0.05) is 29.8 Å². The highest BCUT2D eigenvalue weighted by molar-refractivity contribution is 6.30. The molecule has 0 saturated carbocycles. The standard InChI is InChI=1S/C17H18ClN3O2/c1-11(2)20-17(23)15-5-3-4-14(21-15)16(22)19-10-12-6-8-13(18)9-7-12/h3-9,11H,10H2,1-2H3,(H,19,22)(H,20,23). The monoisotopic (exact) mass is 331 g/mol. The zero-order valence-electron chi connectivity index (χ0n) is 13.0. The summed E-state index contributed by atoms with van der Waals surface area (Å²) in [7, 11) is 0. The molecule has 0 bridgehead atoms. The molecular formula is C17H18ClN3O2. The summed E-state index contributed by atoms with van der Waals surface area (Å²) in [6, 6.07) is 12.0. The lowest BCUT2D eigenvalue weighted by Gasteiger charge is -2.09. The van der Waals surface area contributed by atoms with Gasteiger partial charge in [-0.05, 0) is 43.7 Å². The Morgan fingerprint density at radius 2 is 1.65 bits per heavy atom. The normalized spacial score (nSPS) is 10.4. The van der Waals surface area contributed by atoms with Crippen LogP contribution in [0.5, 0.6) is 0 Å². The number of nitrogens with zero attached hydrogens (tertiary/aromatic N) is 1. The largest absolute Gasteiger partial charge is 0.349 e. The van der Waals surface area contributed by atoms with Gasteiger partial charge in [-0.2, -0.15) is 0 Å². The number of benzene rings is 1. The minimum Gasteiger partial charge on any atom is -0.349 e. The van der Waals surface area contributed by atoms with Crippen molar-refractivity contribution < 1.29 is 9.59 Å². The molecule has 2 aromatic rings. The lowest BCUT2D eigenvalue weighted by atomic mass is 10.2. The Bertz CT molecular complexity index is 699. The maximum absolute atomic E-state index is 12.2. The average molecular weight is 332 g/mol. The first kappa shape index (κ1) is 17.0. The van der Waals surface area contributed by atoms with Crippen LogP contribution >= 0.6 is 11.6 Å². The second kappa shape index (κ2) is 7.74. The van der Waals surface area contributed by atoms with Crippen LogP contribution in [-0.2, 0) is 6.54 Å². The summed E-state index contributed by atoms with van der Waals surface area (Å²) in [5, 5.41) is 6.15. The van der Waals surface area contributed by atoms with Gasteiger partial charge in [0.15, 0.2) is 0 Å². The lowest BCUT2D eigenvalue weighted by Crippen LogP contribution is -2.31. The van der Waals surface area contributed by atoms with Gasteiger partial charge in [0.25, 0.3) is 11.8 Å². The van der Waals surface area contributed by atoms with E-state index in [0.717, 1.165) is 5.56 Å². The number of carbonyl (C=O) groups is 2. The van der Waals surface area contributed by atoms with Crippen molar-refractivity contribution in [2.75, 3.05) is 0 Å². The Labute approximate surface area is 140 Å². The highest BCUT2D eigenvalue weighted by Crippen LogP contribution is 2.09. The van der Waals surface area contributed by atoms with Crippen LogP contribution in [0.1, 0.15) is 40.4 Å². The van der Waals surface area contributed by atoms with Gasteiger partial charge in [0.1, 0.15) is 11.4 Å². The third-order valence-electron chi connectivity index (χ3n) is 3.00. The number of hydrogen-bond acceptors (Lipinski definition) is 3. The summed E-state index contributed by atoms with van der Waals surface area (Å²) in [5.74, 6) is -0.633. The molecule has 6 heteroatoms. The van der Waals surface area contributed by atoms with Gasteiger partial charge in [0, 0.05) is 17.6 Å². The summed E-state index contributed by atoms with van der Waals surface area (Å²) < 4.78 is 0. The van der Waals surface area contributed by atoms with Crippen molar-refractivity contribution in [3.8, 4) is 0 Å². The number of pyridine rings is 1. The first-order valence-electron chi connectivity index (χ1n) is 7.26. The van der Waals surface area contributed by atoms with Crippen molar-refractivity contribution in [2.45, 2.75) is 26.4 Å². The van der Waals surface area contributed by atoms with Gasteiger partial charge in [-0.15, -0.1) is 0 Å². The molecule has 0 saturated heterocycles. The van der Waals surface area contributed by atoms with Crippen LogP contribution in [0.3, 0.4) is 0 Å². The summed E-state index contributed by atoms with van der Waals surface area (Å²) in [6.07, 6.45) is 0. The third-order valence-corrected chi connectivity index (χ3v) is 3.25. The number of hydrogen-bond donors (Lipinski definition) is 2. The van der Waals surface area contributed by atoms with Crippen LogP contribution in [0.15, 0.2) is 42.5 Å². The molecule has 120 valence electrons. The summed E-state index contributed by atoms with van der Waals surface area (Å²) in [5.41, 5.74) is 1.35. The SMILES string of the molecule is CC(C)NC(=O)c1cccc(C(=O)NCc2ccc(Cl)cc2)n1. The van der Waals surface area contributed by atoms with E-state index in [9.17, 15) is 9.59 Å².